The zero-order valence-electron chi connectivity index (χ0n) is 14.4. The lowest BCUT2D eigenvalue weighted by Crippen LogP contribution is -2.38. The summed E-state index contributed by atoms with van der Waals surface area (Å²) < 4.78 is 3.47. The zero-order valence-corrected chi connectivity index (χ0v) is 14.4. The van der Waals surface area contributed by atoms with Crippen molar-refractivity contribution in [2.75, 3.05) is 0 Å². The van der Waals surface area contributed by atoms with Crippen LogP contribution in [0.3, 0.4) is 0 Å². The average Bonchev–Trinajstić information content (AvgIpc) is 3.03. The number of carbonyl (C=O) groups excluding carboxylic acids is 1. The lowest BCUT2D eigenvalue weighted by Gasteiger charge is -2.06. The Balaban J connectivity index is 1.80. The molecular weight excluding hydrogens is 356 g/mol. The standard InChI is InChI=1S/C16H16N6O5/c1-20-14-13(15(26)21(2)16(20)27)22(8-17-14)7-12(25)19-18-6-9-3-4-10(23)5-11(9)24/h3-6,8,23-24H,7H2,1-2H3,(H,19,25)/b18-6-. The van der Waals surface area contributed by atoms with Gasteiger partial charge >= 0.3 is 5.69 Å². The first-order chi connectivity index (χ1) is 12.8. The van der Waals surface area contributed by atoms with E-state index in [1.165, 1.54) is 47.9 Å². The van der Waals surface area contributed by atoms with Crippen LogP contribution in [0.15, 0.2) is 39.2 Å². The molecule has 0 saturated carbocycles. The molecule has 0 spiro atoms. The molecule has 0 bridgehead atoms. The van der Waals surface area contributed by atoms with Gasteiger partial charge in [0, 0.05) is 25.7 Å². The van der Waals surface area contributed by atoms with Gasteiger partial charge < -0.3 is 14.8 Å². The Morgan fingerprint density at radius 2 is 2.00 bits per heavy atom. The smallest absolute Gasteiger partial charge is 0.332 e. The lowest BCUT2D eigenvalue weighted by molar-refractivity contribution is -0.121. The summed E-state index contributed by atoms with van der Waals surface area (Å²) in [7, 11) is 2.83. The van der Waals surface area contributed by atoms with E-state index in [2.05, 4.69) is 15.5 Å². The monoisotopic (exact) mass is 372 g/mol. The van der Waals surface area contributed by atoms with Crippen molar-refractivity contribution in [1.29, 1.82) is 0 Å². The third-order valence-electron chi connectivity index (χ3n) is 3.94. The van der Waals surface area contributed by atoms with Gasteiger partial charge in [0.05, 0.1) is 12.5 Å². The molecule has 3 rings (SSSR count). The third-order valence-corrected chi connectivity index (χ3v) is 3.94. The number of rotatable bonds is 4. The average molecular weight is 372 g/mol. The molecule has 3 aromatic rings. The highest BCUT2D eigenvalue weighted by atomic mass is 16.3. The number of aromatic hydroxyl groups is 2. The molecule has 2 aromatic heterocycles. The highest BCUT2D eigenvalue weighted by Gasteiger charge is 2.15. The van der Waals surface area contributed by atoms with E-state index < -0.39 is 17.2 Å². The molecular formula is C16H16N6O5. The summed E-state index contributed by atoms with van der Waals surface area (Å²) >= 11 is 0. The molecule has 0 aliphatic heterocycles. The van der Waals surface area contributed by atoms with Crippen LogP contribution in [0.5, 0.6) is 11.5 Å². The number of benzene rings is 1. The maximum atomic E-state index is 12.3. The Morgan fingerprint density at radius 1 is 1.26 bits per heavy atom. The molecule has 0 saturated heterocycles. The molecule has 1 amide bonds. The van der Waals surface area contributed by atoms with E-state index in [1.54, 1.807) is 0 Å². The van der Waals surface area contributed by atoms with Gasteiger partial charge in [0.15, 0.2) is 11.2 Å². The first-order valence-corrected chi connectivity index (χ1v) is 7.74. The second kappa shape index (κ2) is 6.78. The van der Waals surface area contributed by atoms with Crippen molar-refractivity contribution >= 4 is 23.3 Å². The first-order valence-electron chi connectivity index (χ1n) is 7.74. The fourth-order valence-corrected chi connectivity index (χ4v) is 2.52. The molecule has 0 aliphatic rings. The molecule has 3 N–H and O–H groups in total. The Kier molecular flexibility index (Phi) is 4.50. The number of hydrazone groups is 1. The fourth-order valence-electron chi connectivity index (χ4n) is 2.52. The van der Waals surface area contributed by atoms with Gasteiger partial charge in [0.2, 0.25) is 0 Å². The Hall–Kier alpha value is -3.89. The number of fused-ring (bicyclic) bond motifs is 1. The van der Waals surface area contributed by atoms with Crippen LogP contribution in [0.25, 0.3) is 11.2 Å². The summed E-state index contributed by atoms with van der Waals surface area (Å²) in [6, 6.07) is 3.93. The van der Waals surface area contributed by atoms with E-state index in [4.69, 9.17) is 0 Å². The van der Waals surface area contributed by atoms with Crippen molar-refractivity contribution in [2.45, 2.75) is 6.54 Å². The van der Waals surface area contributed by atoms with Crippen LogP contribution in [-0.4, -0.2) is 41.0 Å². The molecule has 0 aliphatic carbocycles. The largest absolute Gasteiger partial charge is 0.508 e. The van der Waals surface area contributed by atoms with E-state index in [0.717, 1.165) is 10.6 Å². The van der Waals surface area contributed by atoms with Gasteiger partial charge in [0.25, 0.3) is 11.5 Å². The number of hydrogen-bond acceptors (Lipinski definition) is 7. The normalized spacial score (nSPS) is 11.3. The van der Waals surface area contributed by atoms with Crippen molar-refractivity contribution in [3.05, 3.63) is 50.9 Å². The Morgan fingerprint density at radius 3 is 2.70 bits per heavy atom. The molecule has 0 radical (unpaired) electrons. The van der Waals surface area contributed by atoms with E-state index >= 15 is 0 Å². The third kappa shape index (κ3) is 3.29. The van der Waals surface area contributed by atoms with Gasteiger partial charge in [-0.3, -0.25) is 18.7 Å². The van der Waals surface area contributed by atoms with Crippen LogP contribution in [-0.2, 0) is 25.4 Å². The number of phenolic OH excluding ortho intramolecular Hbond substituents is 2. The zero-order chi connectivity index (χ0) is 19.7. The number of phenols is 2. The lowest BCUT2D eigenvalue weighted by atomic mass is 10.2. The van der Waals surface area contributed by atoms with Gasteiger partial charge in [0.1, 0.15) is 18.0 Å². The summed E-state index contributed by atoms with van der Waals surface area (Å²) in [5.74, 6) is -0.839. The minimum absolute atomic E-state index is 0.100. The van der Waals surface area contributed by atoms with Gasteiger partial charge in [-0.15, -0.1) is 0 Å². The Bertz CT molecular complexity index is 1190. The molecule has 27 heavy (non-hydrogen) atoms. The van der Waals surface area contributed by atoms with Crippen LogP contribution in [0.2, 0.25) is 0 Å². The van der Waals surface area contributed by atoms with Crippen molar-refractivity contribution < 1.29 is 15.0 Å². The SMILES string of the molecule is Cn1c(=O)c2c(ncn2CC(=O)N/N=C\c2ccc(O)cc2O)n(C)c1=O. The van der Waals surface area contributed by atoms with Gasteiger partial charge in [-0.2, -0.15) is 5.10 Å². The van der Waals surface area contributed by atoms with Gasteiger partial charge in [-0.05, 0) is 12.1 Å². The predicted octanol–water partition coefficient (Wildman–Crippen LogP) is -1.00. The highest BCUT2D eigenvalue weighted by molar-refractivity contribution is 5.85. The number of aromatic nitrogens is 4. The second-order valence-electron chi connectivity index (χ2n) is 5.79. The van der Waals surface area contributed by atoms with Crippen molar-refractivity contribution in [2.24, 2.45) is 19.2 Å². The molecule has 0 fully saturated rings. The number of nitrogens with zero attached hydrogens (tertiary/aromatic N) is 5. The summed E-state index contributed by atoms with van der Waals surface area (Å²) in [5.41, 5.74) is 1.79. The predicted molar refractivity (Wildman–Crippen MR) is 95.7 cm³/mol. The molecule has 0 unspecified atom stereocenters. The van der Waals surface area contributed by atoms with Crippen molar-refractivity contribution in [1.82, 2.24) is 24.1 Å². The summed E-state index contributed by atoms with van der Waals surface area (Å²) in [4.78, 5) is 40.3. The quantitative estimate of drug-likeness (QED) is 0.396. The van der Waals surface area contributed by atoms with E-state index in [9.17, 15) is 24.6 Å². The number of hydrogen-bond donors (Lipinski definition) is 3. The van der Waals surface area contributed by atoms with Crippen LogP contribution in [0.4, 0.5) is 0 Å². The number of amides is 1. The highest BCUT2D eigenvalue weighted by Crippen LogP contribution is 2.20. The van der Waals surface area contributed by atoms with E-state index in [0.29, 0.717) is 5.56 Å². The topological polar surface area (TPSA) is 144 Å². The fraction of sp³-hybridized carbons (Fsp3) is 0.188. The van der Waals surface area contributed by atoms with Gasteiger partial charge in [-0.25, -0.2) is 15.2 Å². The first kappa shape index (κ1) is 17.9. The number of aryl methyl sites for hydroxylation is 1. The molecule has 0 atom stereocenters. The molecule has 1 aromatic carbocycles. The van der Waals surface area contributed by atoms with Crippen LogP contribution in [0.1, 0.15) is 5.56 Å². The number of nitrogens with one attached hydrogen (secondary N) is 1. The molecule has 11 heteroatoms. The van der Waals surface area contributed by atoms with Crippen LogP contribution in [0, 0.1) is 0 Å². The number of carbonyl (C=O) groups is 1. The van der Waals surface area contributed by atoms with Crippen molar-refractivity contribution in [3.8, 4) is 11.5 Å². The maximum Gasteiger partial charge on any atom is 0.332 e. The Labute approximate surface area is 151 Å². The number of imidazole rings is 1. The van der Waals surface area contributed by atoms with E-state index in [-0.39, 0.29) is 29.2 Å². The van der Waals surface area contributed by atoms with Crippen LogP contribution < -0.4 is 16.7 Å². The molecule has 2 heterocycles. The van der Waals surface area contributed by atoms with Crippen LogP contribution >= 0.6 is 0 Å². The van der Waals surface area contributed by atoms with Gasteiger partial charge in [-0.1, -0.05) is 0 Å². The second-order valence-corrected chi connectivity index (χ2v) is 5.79. The minimum atomic E-state index is -0.559. The van der Waals surface area contributed by atoms with E-state index in [1.807, 2.05) is 0 Å². The van der Waals surface area contributed by atoms with Crippen molar-refractivity contribution in [3.63, 3.8) is 0 Å². The minimum Gasteiger partial charge on any atom is -0.508 e. The molecule has 140 valence electrons. The molecule has 11 nitrogen and oxygen atoms in total. The maximum absolute atomic E-state index is 12.3. The summed E-state index contributed by atoms with van der Waals surface area (Å²) in [6.07, 6.45) is 2.50. The summed E-state index contributed by atoms with van der Waals surface area (Å²) in [6.45, 7) is -0.247. The summed E-state index contributed by atoms with van der Waals surface area (Å²) in [5, 5.41) is 22.6.